The summed E-state index contributed by atoms with van der Waals surface area (Å²) in [6, 6.07) is 8.05. The summed E-state index contributed by atoms with van der Waals surface area (Å²) in [4.78, 5) is 12.2. The van der Waals surface area contributed by atoms with Gasteiger partial charge in [0.05, 0.1) is 0 Å². The van der Waals surface area contributed by atoms with Gasteiger partial charge in [-0.3, -0.25) is 10.1 Å². The fourth-order valence-electron chi connectivity index (χ4n) is 4.05. The molecule has 0 aromatic heterocycles. The first-order chi connectivity index (χ1) is 9.76. The Labute approximate surface area is 126 Å². The maximum absolute atomic E-state index is 12.2. The van der Waals surface area contributed by atoms with Gasteiger partial charge in [0.25, 0.3) is 0 Å². The Morgan fingerprint density at radius 2 is 1.71 bits per heavy atom. The number of nitrogens with one attached hydrogen (secondary N) is 3. The molecule has 21 heavy (non-hydrogen) atoms. The molecule has 2 aliphatic heterocycles. The molecule has 4 heteroatoms. The largest absolute Gasteiger partial charge is 0.324 e. The van der Waals surface area contributed by atoms with Crippen LogP contribution in [0.4, 0.5) is 5.69 Å². The first-order valence-corrected chi connectivity index (χ1v) is 7.71. The fourth-order valence-corrected chi connectivity index (χ4v) is 4.05. The molecule has 1 fully saturated rings. The van der Waals surface area contributed by atoms with E-state index in [2.05, 4.69) is 43.6 Å². The van der Waals surface area contributed by atoms with Crippen LogP contribution < -0.4 is 16.0 Å². The van der Waals surface area contributed by atoms with Gasteiger partial charge in [-0.05, 0) is 46.6 Å². The highest BCUT2D eigenvalue weighted by Crippen LogP contribution is 2.34. The van der Waals surface area contributed by atoms with Crippen LogP contribution in [-0.4, -0.2) is 23.0 Å². The van der Waals surface area contributed by atoms with E-state index < -0.39 is 0 Å². The molecule has 1 unspecified atom stereocenters. The minimum atomic E-state index is -0.226. The molecule has 0 bridgehead atoms. The lowest BCUT2D eigenvalue weighted by molar-refractivity contribution is -0.118. The van der Waals surface area contributed by atoms with E-state index in [0.717, 1.165) is 24.1 Å². The van der Waals surface area contributed by atoms with Crippen LogP contribution in [0.5, 0.6) is 0 Å². The number of piperidine rings is 1. The maximum Gasteiger partial charge on any atom is 0.246 e. The van der Waals surface area contributed by atoms with E-state index in [9.17, 15) is 4.79 Å². The van der Waals surface area contributed by atoms with Gasteiger partial charge in [-0.2, -0.15) is 0 Å². The van der Waals surface area contributed by atoms with E-state index in [-0.39, 0.29) is 23.0 Å². The molecule has 2 aliphatic rings. The van der Waals surface area contributed by atoms with E-state index in [1.54, 1.807) is 0 Å². The summed E-state index contributed by atoms with van der Waals surface area (Å²) < 4.78 is 0. The molecule has 1 saturated heterocycles. The summed E-state index contributed by atoms with van der Waals surface area (Å²) >= 11 is 0. The third-order valence-corrected chi connectivity index (χ3v) is 4.38. The monoisotopic (exact) mass is 287 g/mol. The number of hydrogen-bond acceptors (Lipinski definition) is 3. The SMILES string of the molecule is CC1(C)CC(NC2C(=O)Nc3ccccc32)CC(C)(C)N1. The second kappa shape index (κ2) is 4.82. The smallest absolute Gasteiger partial charge is 0.246 e. The molecular formula is C17H25N3O. The molecule has 4 nitrogen and oxygen atoms in total. The third-order valence-electron chi connectivity index (χ3n) is 4.38. The van der Waals surface area contributed by atoms with Crippen LogP contribution in [0.1, 0.15) is 52.1 Å². The number of fused-ring (bicyclic) bond motifs is 1. The highest BCUT2D eigenvalue weighted by Gasteiger charge is 2.40. The highest BCUT2D eigenvalue weighted by atomic mass is 16.2. The van der Waals surface area contributed by atoms with Crippen LogP contribution in [0.2, 0.25) is 0 Å². The lowest BCUT2D eigenvalue weighted by Crippen LogP contribution is -2.62. The molecule has 114 valence electrons. The van der Waals surface area contributed by atoms with Crippen molar-refractivity contribution in [1.82, 2.24) is 10.6 Å². The van der Waals surface area contributed by atoms with Gasteiger partial charge >= 0.3 is 0 Å². The summed E-state index contributed by atoms with van der Waals surface area (Å²) in [5, 5.41) is 10.2. The van der Waals surface area contributed by atoms with Crippen LogP contribution >= 0.6 is 0 Å². The van der Waals surface area contributed by atoms with Gasteiger partial charge in [0.1, 0.15) is 6.04 Å². The summed E-state index contributed by atoms with van der Waals surface area (Å²) in [6.07, 6.45) is 2.03. The Hall–Kier alpha value is -1.39. The van der Waals surface area contributed by atoms with E-state index in [1.165, 1.54) is 0 Å². The number of para-hydroxylation sites is 1. The minimum Gasteiger partial charge on any atom is -0.324 e. The lowest BCUT2D eigenvalue weighted by Gasteiger charge is -2.47. The molecule has 0 aliphatic carbocycles. The lowest BCUT2D eigenvalue weighted by atomic mass is 9.79. The Morgan fingerprint density at radius 1 is 1.10 bits per heavy atom. The first-order valence-electron chi connectivity index (χ1n) is 7.71. The van der Waals surface area contributed by atoms with Gasteiger partial charge in [-0.15, -0.1) is 0 Å². The van der Waals surface area contributed by atoms with Crippen molar-refractivity contribution in [3.05, 3.63) is 29.8 Å². The summed E-state index contributed by atoms with van der Waals surface area (Å²) in [6.45, 7) is 8.91. The summed E-state index contributed by atoms with van der Waals surface area (Å²) in [5.74, 6) is 0.0605. The third kappa shape index (κ3) is 2.97. The fraction of sp³-hybridized carbons (Fsp3) is 0.588. The van der Waals surface area contributed by atoms with E-state index >= 15 is 0 Å². The van der Waals surface area contributed by atoms with Gasteiger partial charge < -0.3 is 10.6 Å². The van der Waals surface area contributed by atoms with Crippen molar-refractivity contribution in [2.75, 3.05) is 5.32 Å². The average molecular weight is 287 g/mol. The zero-order chi connectivity index (χ0) is 15.3. The molecule has 3 rings (SSSR count). The standard InChI is InChI=1S/C17H25N3O/c1-16(2)9-11(10-17(3,4)20-16)18-14-12-7-5-6-8-13(12)19-15(14)21/h5-8,11,14,18,20H,9-10H2,1-4H3,(H,19,21). The summed E-state index contributed by atoms with van der Waals surface area (Å²) in [5.41, 5.74) is 2.16. The Kier molecular flexibility index (Phi) is 3.34. The molecule has 1 amide bonds. The Morgan fingerprint density at radius 3 is 2.38 bits per heavy atom. The number of carbonyl (C=O) groups excluding carboxylic acids is 1. The van der Waals surface area contributed by atoms with E-state index in [1.807, 2.05) is 24.3 Å². The van der Waals surface area contributed by atoms with Crippen LogP contribution in [0.25, 0.3) is 0 Å². The number of amides is 1. The molecule has 1 aromatic carbocycles. The van der Waals surface area contributed by atoms with Crippen molar-refractivity contribution < 1.29 is 4.79 Å². The molecular weight excluding hydrogens is 262 g/mol. The quantitative estimate of drug-likeness (QED) is 0.783. The van der Waals surface area contributed by atoms with Crippen molar-refractivity contribution in [2.45, 2.75) is 63.7 Å². The van der Waals surface area contributed by atoms with Crippen LogP contribution in [-0.2, 0) is 4.79 Å². The van der Waals surface area contributed by atoms with Crippen molar-refractivity contribution in [1.29, 1.82) is 0 Å². The number of anilines is 1. The zero-order valence-corrected chi connectivity index (χ0v) is 13.3. The summed E-state index contributed by atoms with van der Waals surface area (Å²) in [7, 11) is 0. The van der Waals surface area contributed by atoms with Crippen LogP contribution in [0.15, 0.2) is 24.3 Å². The molecule has 0 radical (unpaired) electrons. The van der Waals surface area contributed by atoms with Gasteiger partial charge in [0, 0.05) is 28.4 Å². The Balaban J connectivity index is 1.79. The molecule has 2 heterocycles. The second-order valence-electron chi connectivity index (χ2n) is 7.67. The number of rotatable bonds is 2. The van der Waals surface area contributed by atoms with Gasteiger partial charge in [0.15, 0.2) is 0 Å². The predicted molar refractivity (Wildman–Crippen MR) is 85.3 cm³/mol. The Bertz CT molecular complexity index is 549. The normalized spacial score (nSPS) is 27.2. The average Bonchev–Trinajstić information content (AvgIpc) is 2.62. The maximum atomic E-state index is 12.2. The van der Waals surface area contributed by atoms with Crippen LogP contribution in [0.3, 0.4) is 0 Å². The topological polar surface area (TPSA) is 53.2 Å². The number of benzene rings is 1. The molecule has 1 atom stereocenters. The van der Waals surface area contributed by atoms with E-state index in [4.69, 9.17) is 0 Å². The first kappa shape index (κ1) is 14.5. The van der Waals surface area contributed by atoms with Crippen molar-refractivity contribution in [2.24, 2.45) is 0 Å². The molecule has 0 saturated carbocycles. The second-order valence-corrected chi connectivity index (χ2v) is 7.67. The molecule has 3 N–H and O–H groups in total. The molecule has 0 spiro atoms. The van der Waals surface area contributed by atoms with Crippen molar-refractivity contribution in [3.63, 3.8) is 0 Å². The van der Waals surface area contributed by atoms with Crippen molar-refractivity contribution >= 4 is 11.6 Å². The van der Waals surface area contributed by atoms with Gasteiger partial charge in [-0.25, -0.2) is 0 Å². The van der Waals surface area contributed by atoms with Gasteiger partial charge in [0.2, 0.25) is 5.91 Å². The molecule has 1 aromatic rings. The van der Waals surface area contributed by atoms with Crippen LogP contribution in [0, 0.1) is 0 Å². The number of carbonyl (C=O) groups is 1. The van der Waals surface area contributed by atoms with E-state index in [0.29, 0.717) is 6.04 Å². The highest BCUT2D eigenvalue weighted by molar-refractivity contribution is 6.02. The van der Waals surface area contributed by atoms with Gasteiger partial charge in [-0.1, -0.05) is 18.2 Å². The van der Waals surface area contributed by atoms with Crippen molar-refractivity contribution in [3.8, 4) is 0 Å². The predicted octanol–water partition coefficient (Wildman–Crippen LogP) is 2.58. The zero-order valence-electron chi connectivity index (χ0n) is 13.3. The minimum absolute atomic E-state index is 0.0605. The number of hydrogen-bond donors (Lipinski definition) is 3.